The molecule has 1 aliphatic rings. The number of benzene rings is 2. The molecule has 1 fully saturated rings. The first kappa shape index (κ1) is 18.3. The molecule has 0 spiro atoms. The summed E-state index contributed by atoms with van der Waals surface area (Å²) in [5.41, 5.74) is 2.99. The van der Waals surface area contributed by atoms with Crippen molar-refractivity contribution in [1.82, 2.24) is 4.90 Å². The second kappa shape index (κ2) is 8.27. The van der Waals surface area contributed by atoms with Crippen molar-refractivity contribution < 1.29 is 9.18 Å². The average molecular weight is 369 g/mol. The van der Waals surface area contributed by atoms with E-state index in [1.807, 2.05) is 38.1 Å². The van der Waals surface area contributed by atoms with Gasteiger partial charge in [0.15, 0.2) is 5.17 Å². The minimum atomic E-state index is -0.293. The minimum absolute atomic E-state index is 0.0195. The molecular formula is C20H20FN3OS. The van der Waals surface area contributed by atoms with E-state index in [1.165, 1.54) is 29.5 Å². The Morgan fingerprint density at radius 1 is 1.15 bits per heavy atom. The highest BCUT2D eigenvalue weighted by molar-refractivity contribution is 8.15. The number of thioether (sulfide) groups is 1. The van der Waals surface area contributed by atoms with Gasteiger partial charge in [0.1, 0.15) is 5.82 Å². The maximum Gasteiger partial charge on any atom is 0.242 e. The van der Waals surface area contributed by atoms with Crippen molar-refractivity contribution in [3.05, 3.63) is 71.0 Å². The average Bonchev–Trinajstić information content (AvgIpc) is 2.94. The Bertz CT molecular complexity index is 831. The fraction of sp³-hybridized carbons (Fsp3) is 0.250. The lowest BCUT2D eigenvalue weighted by atomic mass is 10.2. The van der Waals surface area contributed by atoms with Gasteiger partial charge in [-0.1, -0.05) is 60.6 Å². The van der Waals surface area contributed by atoms with Gasteiger partial charge in [-0.3, -0.25) is 9.69 Å². The van der Waals surface area contributed by atoms with E-state index in [2.05, 4.69) is 10.2 Å². The quantitative estimate of drug-likeness (QED) is 0.580. The van der Waals surface area contributed by atoms with E-state index >= 15 is 0 Å². The van der Waals surface area contributed by atoms with Gasteiger partial charge in [-0.05, 0) is 36.6 Å². The number of nitrogens with zero attached hydrogens (tertiary/aromatic N) is 3. The standard InChI is InChI=1S/C20H20FN3OS/c1-3-18-19(25)24(13-16-8-10-17(21)11-9-16)20(26-18)23-22-12-15-6-4-14(2)5-7-15/h4-12,18H,3,13H2,1-2H3/b22-12-,23-20+/t18-/m1/s1. The number of halogens is 1. The minimum Gasteiger partial charge on any atom is -0.284 e. The van der Waals surface area contributed by atoms with Gasteiger partial charge in [-0.2, -0.15) is 5.10 Å². The molecular weight excluding hydrogens is 349 g/mol. The van der Waals surface area contributed by atoms with Gasteiger partial charge < -0.3 is 0 Å². The maximum absolute atomic E-state index is 13.1. The second-order valence-electron chi connectivity index (χ2n) is 6.10. The van der Waals surface area contributed by atoms with Crippen LogP contribution in [0.25, 0.3) is 0 Å². The number of carbonyl (C=O) groups excluding carboxylic acids is 1. The normalized spacial score (nSPS) is 19.0. The molecule has 26 heavy (non-hydrogen) atoms. The molecule has 134 valence electrons. The number of hydrogen-bond acceptors (Lipinski definition) is 4. The Balaban J connectivity index is 1.78. The highest BCUT2D eigenvalue weighted by atomic mass is 32.2. The lowest BCUT2D eigenvalue weighted by Gasteiger charge is -2.15. The van der Waals surface area contributed by atoms with Crippen molar-refractivity contribution >= 4 is 29.1 Å². The molecule has 0 unspecified atom stereocenters. The van der Waals surface area contributed by atoms with Gasteiger partial charge in [-0.25, -0.2) is 4.39 Å². The van der Waals surface area contributed by atoms with Crippen LogP contribution in [0.4, 0.5) is 4.39 Å². The number of amides is 1. The van der Waals surface area contributed by atoms with Crippen LogP contribution in [0.3, 0.4) is 0 Å². The Hall–Kier alpha value is -2.47. The Labute approximate surface area is 156 Å². The molecule has 1 atom stereocenters. The summed E-state index contributed by atoms with van der Waals surface area (Å²) < 4.78 is 13.1. The molecule has 0 N–H and O–H groups in total. The van der Waals surface area contributed by atoms with E-state index in [0.717, 1.165) is 17.5 Å². The monoisotopic (exact) mass is 369 g/mol. The SMILES string of the molecule is CC[C@H]1S/C(=N/N=C\c2ccc(C)cc2)N(Cc2ccc(F)cc2)C1=O. The highest BCUT2D eigenvalue weighted by Gasteiger charge is 2.36. The second-order valence-corrected chi connectivity index (χ2v) is 7.27. The van der Waals surface area contributed by atoms with Gasteiger partial charge in [0.25, 0.3) is 0 Å². The lowest BCUT2D eigenvalue weighted by Crippen LogP contribution is -2.31. The van der Waals surface area contributed by atoms with Crippen LogP contribution in [0, 0.1) is 12.7 Å². The Morgan fingerprint density at radius 3 is 2.50 bits per heavy atom. The summed E-state index contributed by atoms with van der Waals surface area (Å²) in [5.74, 6) is -0.273. The predicted octanol–water partition coefficient (Wildman–Crippen LogP) is 4.38. The van der Waals surface area contributed by atoms with Crippen LogP contribution >= 0.6 is 11.8 Å². The predicted molar refractivity (Wildman–Crippen MR) is 105 cm³/mol. The van der Waals surface area contributed by atoms with E-state index in [1.54, 1.807) is 23.2 Å². The summed E-state index contributed by atoms with van der Waals surface area (Å²) in [6.45, 7) is 4.37. The summed E-state index contributed by atoms with van der Waals surface area (Å²) in [7, 11) is 0. The third kappa shape index (κ3) is 4.38. The third-order valence-corrected chi connectivity index (χ3v) is 5.40. The first-order chi connectivity index (χ1) is 12.6. The van der Waals surface area contributed by atoms with Crippen LogP contribution in [0.15, 0.2) is 58.7 Å². The summed E-state index contributed by atoms with van der Waals surface area (Å²) in [5, 5.41) is 8.84. The van der Waals surface area contributed by atoms with Crippen molar-refractivity contribution in [2.24, 2.45) is 10.2 Å². The Kier molecular flexibility index (Phi) is 5.83. The molecule has 0 aromatic heterocycles. The van der Waals surface area contributed by atoms with E-state index in [9.17, 15) is 9.18 Å². The lowest BCUT2D eigenvalue weighted by molar-refractivity contribution is -0.126. The summed E-state index contributed by atoms with van der Waals surface area (Å²) in [6.07, 6.45) is 2.40. The van der Waals surface area contributed by atoms with Crippen molar-refractivity contribution in [3.8, 4) is 0 Å². The fourth-order valence-electron chi connectivity index (χ4n) is 2.56. The van der Waals surface area contributed by atoms with Gasteiger partial charge in [-0.15, -0.1) is 5.10 Å². The van der Waals surface area contributed by atoms with Crippen LogP contribution < -0.4 is 0 Å². The van der Waals surface area contributed by atoms with Crippen LogP contribution in [-0.2, 0) is 11.3 Å². The molecule has 0 saturated carbocycles. The van der Waals surface area contributed by atoms with E-state index in [-0.39, 0.29) is 17.0 Å². The van der Waals surface area contributed by atoms with E-state index in [0.29, 0.717) is 11.7 Å². The molecule has 1 saturated heterocycles. The molecule has 0 radical (unpaired) electrons. The molecule has 2 aromatic rings. The van der Waals surface area contributed by atoms with Crippen molar-refractivity contribution in [2.75, 3.05) is 0 Å². The van der Waals surface area contributed by atoms with Gasteiger partial charge >= 0.3 is 0 Å². The first-order valence-corrected chi connectivity index (χ1v) is 9.35. The molecule has 0 bridgehead atoms. The zero-order chi connectivity index (χ0) is 18.5. The molecule has 4 nitrogen and oxygen atoms in total. The highest BCUT2D eigenvalue weighted by Crippen LogP contribution is 2.30. The number of hydrogen-bond donors (Lipinski definition) is 0. The van der Waals surface area contributed by atoms with Crippen molar-refractivity contribution in [1.29, 1.82) is 0 Å². The number of aryl methyl sites for hydroxylation is 1. The van der Waals surface area contributed by atoms with Crippen LogP contribution in [0.1, 0.15) is 30.0 Å². The smallest absolute Gasteiger partial charge is 0.242 e. The molecule has 2 aromatic carbocycles. The topological polar surface area (TPSA) is 45.0 Å². The van der Waals surface area contributed by atoms with Crippen LogP contribution in [0.5, 0.6) is 0 Å². The van der Waals surface area contributed by atoms with E-state index in [4.69, 9.17) is 0 Å². The number of carbonyl (C=O) groups is 1. The summed E-state index contributed by atoms with van der Waals surface area (Å²) in [4.78, 5) is 14.2. The fourth-order valence-corrected chi connectivity index (χ4v) is 3.59. The van der Waals surface area contributed by atoms with Crippen molar-refractivity contribution in [2.45, 2.75) is 32.1 Å². The molecule has 6 heteroatoms. The Morgan fingerprint density at radius 2 is 1.85 bits per heavy atom. The largest absolute Gasteiger partial charge is 0.284 e. The van der Waals surface area contributed by atoms with E-state index < -0.39 is 0 Å². The van der Waals surface area contributed by atoms with Crippen LogP contribution in [0.2, 0.25) is 0 Å². The van der Waals surface area contributed by atoms with Crippen molar-refractivity contribution in [3.63, 3.8) is 0 Å². The molecule has 3 rings (SSSR count). The van der Waals surface area contributed by atoms with Crippen LogP contribution in [-0.4, -0.2) is 27.4 Å². The zero-order valence-corrected chi connectivity index (χ0v) is 15.5. The molecule has 1 aliphatic heterocycles. The molecule has 1 heterocycles. The number of rotatable bonds is 5. The van der Waals surface area contributed by atoms with Gasteiger partial charge in [0, 0.05) is 0 Å². The summed E-state index contributed by atoms with van der Waals surface area (Å²) in [6, 6.07) is 14.1. The zero-order valence-electron chi connectivity index (χ0n) is 14.7. The first-order valence-electron chi connectivity index (χ1n) is 8.47. The number of amidine groups is 1. The van der Waals surface area contributed by atoms with Gasteiger partial charge in [0.05, 0.1) is 18.0 Å². The summed E-state index contributed by atoms with van der Waals surface area (Å²) >= 11 is 1.43. The third-order valence-electron chi connectivity index (χ3n) is 4.07. The maximum atomic E-state index is 13.1. The molecule has 1 amide bonds. The van der Waals surface area contributed by atoms with Gasteiger partial charge in [0.2, 0.25) is 5.91 Å². The molecule has 0 aliphatic carbocycles.